The minimum Gasteiger partial charge on any atom is -0.418 e. The number of ether oxygens (including phenoxy) is 1. The maximum atomic E-state index is 9.75. The second-order valence-electron chi connectivity index (χ2n) is 1.60. The summed E-state index contributed by atoms with van der Waals surface area (Å²) in [5.74, 6) is 0. The zero-order chi connectivity index (χ0) is 14.9. The Morgan fingerprint density at radius 1 is 1.11 bits per heavy atom. The smallest absolute Gasteiger partial charge is 0.418 e. The van der Waals surface area contributed by atoms with E-state index in [1.807, 2.05) is 13.8 Å². The molecule has 18 heavy (non-hydrogen) atoms. The maximum absolute atomic E-state index is 9.75. The van der Waals surface area contributed by atoms with Gasteiger partial charge in [-0.2, -0.15) is 0 Å². The van der Waals surface area contributed by atoms with E-state index in [0.717, 1.165) is 13.2 Å². The van der Waals surface area contributed by atoms with Crippen molar-refractivity contribution in [2.45, 2.75) is 13.8 Å². The van der Waals surface area contributed by atoms with Crippen LogP contribution < -0.4 is 0 Å². The van der Waals surface area contributed by atoms with Gasteiger partial charge in [0, 0.05) is 35.6 Å². The summed E-state index contributed by atoms with van der Waals surface area (Å²) in [6.07, 6.45) is 0. The van der Waals surface area contributed by atoms with Gasteiger partial charge in [-0.3, -0.25) is 0 Å². The van der Waals surface area contributed by atoms with Gasteiger partial charge in [-0.1, -0.05) is 0 Å². The zero-order valence-corrected chi connectivity index (χ0v) is 12.3. The van der Waals surface area contributed by atoms with Crippen molar-refractivity contribution in [3.05, 3.63) is 15.3 Å². The van der Waals surface area contributed by atoms with Crippen LogP contribution in [0.5, 0.6) is 0 Å². The van der Waals surface area contributed by atoms with Crippen LogP contribution >= 0.6 is 23.2 Å². The number of nitrogens with zero attached hydrogens (tertiary/aromatic N) is 1. The fraction of sp³-hybridized carbons (Fsp3) is 1.00. The van der Waals surface area contributed by atoms with Crippen LogP contribution in [0.3, 0.4) is 0 Å². The van der Waals surface area contributed by atoms with E-state index in [9.17, 15) is 17.3 Å². The molecule has 0 aliphatic carbocycles. The van der Waals surface area contributed by atoms with Crippen LogP contribution in [0.2, 0.25) is 0 Å². The summed E-state index contributed by atoms with van der Waals surface area (Å²) in [5, 5.41) is 14.9. The average molecular weight is 416 g/mol. The molecule has 0 amide bonds. The maximum Gasteiger partial charge on any atom is 0.673 e. The summed E-state index contributed by atoms with van der Waals surface area (Å²) < 4.78 is 43.8. The fourth-order valence-corrected chi connectivity index (χ4v) is 0.204. The van der Waals surface area contributed by atoms with Crippen molar-refractivity contribution in [3.63, 3.8) is 0 Å². The van der Waals surface area contributed by atoms with Crippen LogP contribution in [0.15, 0.2) is 0 Å². The first kappa shape index (κ1) is 30.9. The Balaban J connectivity index is -0.0000000417. The molecule has 0 N–H and O–H groups in total. The third-order valence-electron chi connectivity index (χ3n) is 0.408. The molecule has 0 atom stereocenters. The molecule has 0 fully saturated rings. The number of hydrogen-bond acceptors (Lipinski definition) is 4. The third kappa shape index (κ3) is 739. The second kappa shape index (κ2) is 26.0. The van der Waals surface area contributed by atoms with Gasteiger partial charge >= 0.3 is 7.25 Å². The molecule has 0 heterocycles. The SMILES string of the molecule is CCOCC.ClCCl.F[B-](F)(F)F.O=[N+]([O-])[O-].[Ag]. The normalized spacial score (nSPS) is 8.00. The standard InChI is InChI=1S/C4H10O.CH2Cl2.Ag.BF4.NO3/c1-3-5-4-2;2-1-3;;2-1(3,4)5;2-1(3)4/h3-4H2,1-2H3;1H2;;;/q;;;2*-1. The van der Waals surface area contributed by atoms with Crippen LogP contribution in [0.4, 0.5) is 17.3 Å². The van der Waals surface area contributed by atoms with Crippen LogP contribution in [-0.4, -0.2) is 30.9 Å². The minimum absolute atomic E-state index is 0. The number of rotatable bonds is 2. The van der Waals surface area contributed by atoms with E-state index in [1.165, 1.54) is 0 Å². The molecule has 0 aromatic rings. The van der Waals surface area contributed by atoms with E-state index in [-0.39, 0.29) is 27.7 Å². The molecule has 0 unspecified atom stereocenters. The summed E-state index contributed by atoms with van der Waals surface area (Å²) in [6.45, 7) is 5.67. The Labute approximate surface area is 127 Å². The molecule has 0 saturated heterocycles. The van der Waals surface area contributed by atoms with Crippen molar-refractivity contribution < 1.29 is 49.5 Å². The van der Waals surface area contributed by atoms with Crippen molar-refractivity contribution in [3.8, 4) is 0 Å². The Kier molecular flexibility index (Phi) is 44.6. The summed E-state index contributed by atoms with van der Waals surface area (Å²) in [5.41, 5.74) is 0. The first-order chi connectivity index (χ1) is 7.56. The van der Waals surface area contributed by atoms with Gasteiger partial charge in [0.15, 0.2) is 0 Å². The van der Waals surface area contributed by atoms with Gasteiger partial charge in [0.1, 0.15) is 0 Å². The van der Waals surface area contributed by atoms with Crippen LogP contribution in [0.25, 0.3) is 0 Å². The fourth-order valence-electron chi connectivity index (χ4n) is 0.204. The molecule has 0 aromatic heterocycles. The average Bonchev–Trinajstić information content (AvgIpc) is 2.02. The van der Waals surface area contributed by atoms with Gasteiger partial charge in [0.25, 0.3) is 0 Å². The van der Waals surface area contributed by atoms with Crippen molar-refractivity contribution in [1.29, 1.82) is 0 Å². The van der Waals surface area contributed by atoms with Gasteiger partial charge in [-0.15, -0.1) is 23.2 Å². The molecule has 0 saturated carbocycles. The van der Waals surface area contributed by atoms with Crippen LogP contribution in [-0.2, 0) is 27.1 Å². The summed E-state index contributed by atoms with van der Waals surface area (Å²) in [7, 11) is -6.00. The summed E-state index contributed by atoms with van der Waals surface area (Å²) in [4.78, 5) is 8.25. The largest absolute Gasteiger partial charge is 0.673 e. The molecular formula is C5H12AgBCl2F4NO4-2. The minimum atomic E-state index is -6.00. The van der Waals surface area contributed by atoms with Gasteiger partial charge < -0.3 is 37.3 Å². The van der Waals surface area contributed by atoms with Gasteiger partial charge in [0.2, 0.25) is 0 Å². The molecule has 13 heteroatoms. The Morgan fingerprint density at radius 2 is 1.22 bits per heavy atom. The second-order valence-corrected chi connectivity index (χ2v) is 2.41. The third-order valence-corrected chi connectivity index (χ3v) is 0.408. The molecule has 0 aliphatic heterocycles. The topological polar surface area (TPSA) is 75.4 Å². The van der Waals surface area contributed by atoms with Crippen LogP contribution in [0.1, 0.15) is 13.8 Å². The van der Waals surface area contributed by atoms with Crippen molar-refractivity contribution in [1.82, 2.24) is 0 Å². The van der Waals surface area contributed by atoms with Crippen molar-refractivity contribution in [2.24, 2.45) is 0 Å². The van der Waals surface area contributed by atoms with Gasteiger partial charge in [0.05, 0.1) is 10.4 Å². The van der Waals surface area contributed by atoms with E-state index in [1.54, 1.807) is 0 Å². The van der Waals surface area contributed by atoms with Gasteiger partial charge in [-0.05, 0) is 13.8 Å². The molecule has 0 aromatic carbocycles. The molecule has 0 bridgehead atoms. The predicted octanol–water partition coefficient (Wildman–Crippen LogP) is 3.52. The molecule has 0 aliphatic rings. The monoisotopic (exact) mass is 414 g/mol. The molecule has 0 spiro atoms. The van der Waals surface area contributed by atoms with E-state index in [0.29, 0.717) is 0 Å². The summed E-state index contributed by atoms with van der Waals surface area (Å²) >= 11 is 9.53. The molecule has 0 rings (SSSR count). The predicted molar refractivity (Wildman–Crippen MR) is 59.3 cm³/mol. The Bertz CT molecular complexity index is 148. The number of alkyl halides is 2. The van der Waals surface area contributed by atoms with E-state index in [2.05, 4.69) is 0 Å². The molecule has 5 nitrogen and oxygen atoms in total. The number of halogens is 6. The first-order valence-corrected chi connectivity index (χ1v) is 5.02. The molecule has 119 valence electrons. The number of hydrogen-bond donors (Lipinski definition) is 0. The first-order valence-electron chi connectivity index (χ1n) is 3.95. The van der Waals surface area contributed by atoms with E-state index in [4.69, 9.17) is 43.3 Å². The Morgan fingerprint density at radius 3 is 1.22 bits per heavy atom. The van der Waals surface area contributed by atoms with Crippen LogP contribution in [0, 0.1) is 15.3 Å². The quantitative estimate of drug-likeness (QED) is 0.227. The molecule has 1 radical (unpaired) electrons. The zero-order valence-electron chi connectivity index (χ0n) is 9.35. The van der Waals surface area contributed by atoms with Crippen molar-refractivity contribution in [2.75, 3.05) is 18.6 Å². The molecular weight excluding hydrogens is 404 g/mol. The Hall–Kier alpha value is 0.265. The van der Waals surface area contributed by atoms with Gasteiger partial charge in [-0.25, -0.2) is 0 Å². The van der Waals surface area contributed by atoms with E-state index < -0.39 is 12.3 Å². The van der Waals surface area contributed by atoms with E-state index >= 15 is 0 Å². The summed E-state index contributed by atoms with van der Waals surface area (Å²) in [6, 6.07) is 0. The van der Waals surface area contributed by atoms with Crippen molar-refractivity contribution >= 4 is 30.5 Å².